The number of carbonyl (C=O) groups is 1. The standard InChI is InChI=1S/C22H20N4O3S2/c1-14-6-5-10-25-19(14)24-18(23-9-11-27)16(20(25)28)12-17-21(29)26(22(30)31-17)13-15-7-3-2-4-8-15/h2-8,10,12,23,27H,9,11,13H2,1H3. The van der Waals surface area contributed by atoms with Crippen molar-refractivity contribution in [1.29, 1.82) is 0 Å². The van der Waals surface area contributed by atoms with Gasteiger partial charge in [0.15, 0.2) is 0 Å². The summed E-state index contributed by atoms with van der Waals surface area (Å²) in [7, 11) is 0. The van der Waals surface area contributed by atoms with Gasteiger partial charge >= 0.3 is 0 Å². The van der Waals surface area contributed by atoms with E-state index in [0.29, 0.717) is 27.2 Å². The zero-order valence-electron chi connectivity index (χ0n) is 16.7. The molecule has 1 amide bonds. The van der Waals surface area contributed by atoms with Crippen LogP contribution in [0.3, 0.4) is 0 Å². The van der Waals surface area contributed by atoms with Crippen LogP contribution >= 0.6 is 24.0 Å². The lowest BCUT2D eigenvalue weighted by Crippen LogP contribution is -2.27. The molecule has 1 aliphatic rings. The van der Waals surface area contributed by atoms with Gasteiger partial charge in [-0.05, 0) is 30.2 Å². The summed E-state index contributed by atoms with van der Waals surface area (Å²) in [6.45, 7) is 2.34. The molecule has 4 rings (SSSR count). The molecule has 0 aliphatic carbocycles. The second-order valence-electron chi connectivity index (χ2n) is 6.97. The Balaban J connectivity index is 1.76. The molecule has 3 heterocycles. The molecule has 1 saturated heterocycles. The molecular weight excluding hydrogens is 432 g/mol. The normalized spacial score (nSPS) is 15.3. The zero-order valence-corrected chi connectivity index (χ0v) is 18.4. The van der Waals surface area contributed by atoms with Crippen molar-refractivity contribution in [3.05, 3.63) is 80.6 Å². The minimum atomic E-state index is -0.303. The van der Waals surface area contributed by atoms with Crippen LogP contribution in [0, 0.1) is 6.92 Å². The van der Waals surface area contributed by atoms with E-state index in [0.717, 1.165) is 22.9 Å². The maximum Gasteiger partial charge on any atom is 0.267 e. The van der Waals surface area contributed by atoms with Crippen LogP contribution in [0.1, 0.15) is 16.7 Å². The Labute approximate surface area is 188 Å². The molecule has 0 atom stereocenters. The highest BCUT2D eigenvalue weighted by atomic mass is 32.2. The van der Waals surface area contributed by atoms with Crippen LogP contribution in [0.5, 0.6) is 0 Å². The molecule has 3 aromatic rings. The van der Waals surface area contributed by atoms with Gasteiger partial charge in [-0.1, -0.05) is 60.4 Å². The number of aromatic nitrogens is 2. The summed E-state index contributed by atoms with van der Waals surface area (Å²) in [5.74, 6) is 0.0716. The van der Waals surface area contributed by atoms with Crippen LogP contribution in [0.25, 0.3) is 11.7 Å². The van der Waals surface area contributed by atoms with Crippen LogP contribution in [-0.2, 0) is 11.3 Å². The number of thiocarbonyl (C=S) groups is 1. The Hall–Kier alpha value is -3.01. The molecule has 31 heavy (non-hydrogen) atoms. The Morgan fingerprint density at radius 1 is 1.19 bits per heavy atom. The van der Waals surface area contributed by atoms with Gasteiger partial charge in [-0.2, -0.15) is 0 Å². The van der Waals surface area contributed by atoms with Gasteiger partial charge in [-0.25, -0.2) is 4.98 Å². The van der Waals surface area contributed by atoms with E-state index in [9.17, 15) is 14.7 Å². The lowest BCUT2D eigenvalue weighted by Gasteiger charge is -2.14. The fourth-order valence-corrected chi connectivity index (χ4v) is 4.52. The SMILES string of the molecule is Cc1cccn2c(=O)c(C=C3SC(=S)N(Cc4ccccc4)C3=O)c(NCCO)nc12. The van der Waals surface area contributed by atoms with E-state index >= 15 is 0 Å². The smallest absolute Gasteiger partial charge is 0.267 e. The summed E-state index contributed by atoms with van der Waals surface area (Å²) >= 11 is 6.58. The lowest BCUT2D eigenvalue weighted by molar-refractivity contribution is -0.122. The number of fused-ring (bicyclic) bond motifs is 1. The summed E-state index contributed by atoms with van der Waals surface area (Å²) in [6, 6.07) is 13.2. The minimum Gasteiger partial charge on any atom is -0.395 e. The van der Waals surface area contributed by atoms with E-state index in [4.69, 9.17) is 12.2 Å². The van der Waals surface area contributed by atoms with Gasteiger partial charge in [0.25, 0.3) is 11.5 Å². The first-order valence-corrected chi connectivity index (χ1v) is 10.9. The summed E-state index contributed by atoms with van der Waals surface area (Å²) in [5.41, 5.74) is 2.27. The maximum atomic E-state index is 13.2. The number of nitrogens with zero attached hydrogens (tertiary/aromatic N) is 3. The highest BCUT2D eigenvalue weighted by Crippen LogP contribution is 2.34. The highest BCUT2D eigenvalue weighted by molar-refractivity contribution is 8.26. The van der Waals surface area contributed by atoms with Crippen molar-refractivity contribution in [2.24, 2.45) is 0 Å². The molecule has 2 aromatic heterocycles. The largest absolute Gasteiger partial charge is 0.395 e. The second kappa shape index (κ2) is 9.01. The third-order valence-electron chi connectivity index (χ3n) is 4.82. The summed E-state index contributed by atoms with van der Waals surface area (Å²) in [4.78, 5) is 32.7. The van der Waals surface area contributed by atoms with Crippen LogP contribution in [-0.4, -0.2) is 42.8 Å². The van der Waals surface area contributed by atoms with E-state index in [1.807, 2.05) is 43.3 Å². The fourth-order valence-electron chi connectivity index (χ4n) is 3.28. The van der Waals surface area contributed by atoms with Gasteiger partial charge in [0.05, 0.1) is 23.6 Å². The van der Waals surface area contributed by atoms with Crippen molar-refractivity contribution >= 4 is 51.7 Å². The molecule has 1 aromatic carbocycles. The summed E-state index contributed by atoms with van der Waals surface area (Å²) < 4.78 is 1.89. The third-order valence-corrected chi connectivity index (χ3v) is 6.20. The number of benzene rings is 1. The molecular formula is C22H20N4O3S2. The van der Waals surface area contributed by atoms with Crippen molar-refractivity contribution in [1.82, 2.24) is 14.3 Å². The number of carbonyl (C=O) groups excluding carboxylic acids is 1. The van der Waals surface area contributed by atoms with Crippen molar-refractivity contribution in [2.45, 2.75) is 13.5 Å². The highest BCUT2D eigenvalue weighted by Gasteiger charge is 2.32. The first kappa shape index (κ1) is 21.2. The fraction of sp³-hybridized carbons (Fsp3) is 0.182. The van der Waals surface area contributed by atoms with E-state index < -0.39 is 0 Å². The maximum absolute atomic E-state index is 13.2. The van der Waals surface area contributed by atoms with Crippen molar-refractivity contribution < 1.29 is 9.90 Å². The number of hydrogen-bond acceptors (Lipinski definition) is 7. The molecule has 0 bridgehead atoms. The van der Waals surface area contributed by atoms with Crippen molar-refractivity contribution in [2.75, 3.05) is 18.5 Å². The van der Waals surface area contributed by atoms with Crippen LogP contribution < -0.4 is 10.9 Å². The van der Waals surface area contributed by atoms with Gasteiger partial charge in [0.2, 0.25) is 0 Å². The van der Waals surface area contributed by atoms with Gasteiger partial charge in [-0.3, -0.25) is 18.9 Å². The molecule has 0 spiro atoms. The second-order valence-corrected chi connectivity index (χ2v) is 8.64. The van der Waals surface area contributed by atoms with E-state index in [-0.39, 0.29) is 30.2 Å². The molecule has 1 aliphatic heterocycles. The number of pyridine rings is 1. The minimum absolute atomic E-state index is 0.118. The third kappa shape index (κ3) is 4.25. The van der Waals surface area contributed by atoms with Crippen LogP contribution in [0.4, 0.5) is 5.82 Å². The van der Waals surface area contributed by atoms with E-state index in [1.54, 1.807) is 12.3 Å². The average Bonchev–Trinajstić information content (AvgIpc) is 3.03. The monoisotopic (exact) mass is 452 g/mol. The number of amides is 1. The van der Waals surface area contributed by atoms with Gasteiger partial charge < -0.3 is 10.4 Å². The quantitative estimate of drug-likeness (QED) is 0.439. The molecule has 1 fully saturated rings. The average molecular weight is 453 g/mol. The number of aryl methyl sites for hydroxylation is 1. The summed E-state index contributed by atoms with van der Waals surface area (Å²) in [5, 5.41) is 12.2. The Bertz CT molecular complexity index is 1250. The molecule has 0 unspecified atom stereocenters. The lowest BCUT2D eigenvalue weighted by atomic mass is 10.2. The van der Waals surface area contributed by atoms with Gasteiger partial charge in [-0.15, -0.1) is 0 Å². The number of aliphatic hydroxyl groups is 1. The Morgan fingerprint density at radius 2 is 1.97 bits per heavy atom. The number of nitrogens with one attached hydrogen (secondary N) is 1. The molecule has 2 N–H and O–H groups in total. The first-order chi connectivity index (χ1) is 15.0. The topological polar surface area (TPSA) is 86.9 Å². The van der Waals surface area contributed by atoms with Crippen LogP contribution in [0.2, 0.25) is 0 Å². The number of aliphatic hydroxyl groups excluding tert-OH is 1. The molecule has 0 radical (unpaired) electrons. The predicted molar refractivity (Wildman–Crippen MR) is 127 cm³/mol. The Morgan fingerprint density at radius 3 is 2.71 bits per heavy atom. The first-order valence-electron chi connectivity index (χ1n) is 9.65. The molecule has 7 nitrogen and oxygen atoms in total. The molecule has 9 heteroatoms. The number of hydrogen-bond donors (Lipinski definition) is 2. The summed E-state index contributed by atoms with van der Waals surface area (Å²) in [6.07, 6.45) is 3.18. The van der Waals surface area contributed by atoms with Crippen LogP contribution in [0.15, 0.2) is 58.4 Å². The van der Waals surface area contributed by atoms with Gasteiger partial charge in [0, 0.05) is 12.7 Å². The van der Waals surface area contributed by atoms with Crippen molar-refractivity contribution in [3.63, 3.8) is 0 Å². The van der Waals surface area contributed by atoms with E-state index in [1.165, 1.54) is 15.4 Å². The Kier molecular flexibility index (Phi) is 6.17. The zero-order chi connectivity index (χ0) is 22.0. The number of rotatable bonds is 6. The van der Waals surface area contributed by atoms with E-state index in [2.05, 4.69) is 10.3 Å². The molecule has 0 saturated carbocycles. The number of anilines is 1. The van der Waals surface area contributed by atoms with Gasteiger partial charge in [0.1, 0.15) is 15.8 Å². The van der Waals surface area contributed by atoms with Crippen molar-refractivity contribution in [3.8, 4) is 0 Å². The molecule has 158 valence electrons. The number of thioether (sulfide) groups is 1. The predicted octanol–water partition coefficient (Wildman–Crippen LogP) is 2.81.